The SMILES string of the molecule is CN(Cc1cnc(Cl)s1)C1CCCNCC1. The van der Waals surface area contributed by atoms with Crippen LogP contribution in [0.3, 0.4) is 0 Å². The molecule has 5 heteroatoms. The lowest BCUT2D eigenvalue weighted by Crippen LogP contribution is -2.31. The fourth-order valence-electron chi connectivity index (χ4n) is 2.17. The highest BCUT2D eigenvalue weighted by atomic mass is 35.5. The maximum atomic E-state index is 5.83. The molecule has 0 aliphatic carbocycles. The number of aromatic nitrogens is 1. The summed E-state index contributed by atoms with van der Waals surface area (Å²) in [7, 11) is 2.20. The number of halogens is 1. The van der Waals surface area contributed by atoms with Crippen molar-refractivity contribution in [3.8, 4) is 0 Å². The highest BCUT2D eigenvalue weighted by Gasteiger charge is 2.17. The molecule has 1 aliphatic heterocycles. The first-order chi connectivity index (χ1) is 7.75. The molecule has 0 amide bonds. The third kappa shape index (κ3) is 3.42. The topological polar surface area (TPSA) is 28.2 Å². The molecule has 0 spiro atoms. The lowest BCUT2D eigenvalue weighted by Gasteiger charge is -2.26. The van der Waals surface area contributed by atoms with Crippen LogP contribution in [0.15, 0.2) is 6.20 Å². The summed E-state index contributed by atoms with van der Waals surface area (Å²) < 4.78 is 0.644. The fourth-order valence-corrected chi connectivity index (χ4v) is 3.21. The predicted molar refractivity (Wildman–Crippen MR) is 69.1 cm³/mol. The summed E-state index contributed by atoms with van der Waals surface area (Å²) in [5, 5.41) is 3.44. The van der Waals surface area contributed by atoms with Gasteiger partial charge in [-0.05, 0) is 39.4 Å². The Bertz CT molecular complexity index is 321. The molecule has 0 radical (unpaired) electrons. The average Bonchev–Trinajstić information content (AvgIpc) is 2.56. The number of nitrogens with zero attached hydrogens (tertiary/aromatic N) is 2. The van der Waals surface area contributed by atoms with E-state index in [1.54, 1.807) is 11.3 Å². The van der Waals surface area contributed by atoms with Crippen molar-refractivity contribution < 1.29 is 0 Å². The minimum atomic E-state index is 0.644. The Hall–Kier alpha value is -0.160. The van der Waals surface area contributed by atoms with Crippen molar-refractivity contribution >= 4 is 22.9 Å². The molecule has 1 unspecified atom stereocenters. The van der Waals surface area contributed by atoms with Gasteiger partial charge < -0.3 is 5.32 Å². The van der Waals surface area contributed by atoms with Gasteiger partial charge in [0, 0.05) is 23.7 Å². The lowest BCUT2D eigenvalue weighted by molar-refractivity contribution is 0.218. The summed E-state index contributed by atoms with van der Waals surface area (Å²) in [6.45, 7) is 3.27. The van der Waals surface area contributed by atoms with E-state index in [0.29, 0.717) is 10.5 Å². The van der Waals surface area contributed by atoms with E-state index in [1.807, 2.05) is 6.20 Å². The minimum absolute atomic E-state index is 0.644. The maximum Gasteiger partial charge on any atom is 0.183 e. The van der Waals surface area contributed by atoms with E-state index in [4.69, 9.17) is 11.6 Å². The van der Waals surface area contributed by atoms with E-state index < -0.39 is 0 Å². The van der Waals surface area contributed by atoms with Crippen molar-refractivity contribution in [2.75, 3.05) is 20.1 Å². The number of hydrogen-bond acceptors (Lipinski definition) is 4. The van der Waals surface area contributed by atoms with Crippen LogP contribution >= 0.6 is 22.9 Å². The number of nitrogens with one attached hydrogen (secondary N) is 1. The van der Waals surface area contributed by atoms with E-state index in [0.717, 1.165) is 19.6 Å². The first-order valence-corrected chi connectivity index (χ1v) is 6.96. The Balaban J connectivity index is 1.88. The first-order valence-electron chi connectivity index (χ1n) is 5.77. The van der Waals surface area contributed by atoms with Crippen LogP contribution in [-0.2, 0) is 6.54 Å². The third-order valence-corrected chi connectivity index (χ3v) is 4.20. The zero-order valence-corrected chi connectivity index (χ0v) is 11.2. The third-order valence-electron chi connectivity index (χ3n) is 3.10. The van der Waals surface area contributed by atoms with Gasteiger partial charge in [0.1, 0.15) is 0 Å². The molecule has 2 rings (SSSR count). The Kier molecular flexibility index (Phi) is 4.58. The summed E-state index contributed by atoms with van der Waals surface area (Å²) in [5.41, 5.74) is 0. The second-order valence-corrected chi connectivity index (χ2v) is 6.03. The maximum absolute atomic E-state index is 5.83. The molecule has 1 fully saturated rings. The van der Waals surface area contributed by atoms with E-state index in [-0.39, 0.29) is 0 Å². The van der Waals surface area contributed by atoms with Crippen LogP contribution in [-0.4, -0.2) is 36.1 Å². The van der Waals surface area contributed by atoms with Gasteiger partial charge in [0.15, 0.2) is 4.47 Å². The minimum Gasteiger partial charge on any atom is -0.317 e. The van der Waals surface area contributed by atoms with Gasteiger partial charge in [-0.15, -0.1) is 11.3 Å². The van der Waals surface area contributed by atoms with Crippen molar-refractivity contribution in [1.29, 1.82) is 0 Å². The highest BCUT2D eigenvalue weighted by molar-refractivity contribution is 7.15. The van der Waals surface area contributed by atoms with Crippen LogP contribution in [0.2, 0.25) is 4.47 Å². The largest absolute Gasteiger partial charge is 0.317 e. The molecule has 16 heavy (non-hydrogen) atoms. The van der Waals surface area contributed by atoms with Crippen LogP contribution in [0.4, 0.5) is 0 Å². The smallest absolute Gasteiger partial charge is 0.183 e. The molecule has 1 atom stereocenters. The lowest BCUT2D eigenvalue weighted by atomic mass is 10.1. The standard InChI is InChI=1S/C11H18ClN3S/c1-15(8-10-7-14-11(12)16-10)9-3-2-5-13-6-4-9/h7,9,13H,2-6,8H2,1H3. The molecule has 1 aromatic rings. The van der Waals surface area contributed by atoms with Crippen molar-refractivity contribution in [3.05, 3.63) is 15.5 Å². The molecule has 0 bridgehead atoms. The van der Waals surface area contributed by atoms with Crippen LogP contribution < -0.4 is 5.32 Å². The van der Waals surface area contributed by atoms with Gasteiger partial charge in [0.05, 0.1) is 0 Å². The fraction of sp³-hybridized carbons (Fsp3) is 0.727. The summed E-state index contributed by atoms with van der Waals surface area (Å²) in [6, 6.07) is 0.691. The molecule has 1 aliphatic rings. The zero-order valence-electron chi connectivity index (χ0n) is 9.58. The summed E-state index contributed by atoms with van der Waals surface area (Å²) in [4.78, 5) is 7.76. The Morgan fingerprint density at radius 1 is 1.56 bits per heavy atom. The average molecular weight is 260 g/mol. The highest BCUT2D eigenvalue weighted by Crippen LogP contribution is 2.21. The van der Waals surface area contributed by atoms with Crippen molar-refractivity contribution in [2.45, 2.75) is 31.8 Å². The molecule has 90 valence electrons. The summed E-state index contributed by atoms with van der Waals surface area (Å²) >= 11 is 7.42. The zero-order chi connectivity index (χ0) is 11.4. The van der Waals surface area contributed by atoms with Gasteiger partial charge >= 0.3 is 0 Å². The second kappa shape index (κ2) is 5.96. The van der Waals surface area contributed by atoms with Crippen molar-refractivity contribution in [3.63, 3.8) is 0 Å². The molecule has 1 saturated heterocycles. The number of thiazole rings is 1. The van der Waals surface area contributed by atoms with Crippen LogP contribution in [0, 0.1) is 0 Å². The Morgan fingerprint density at radius 2 is 2.44 bits per heavy atom. The Labute approximate surface area is 106 Å². The monoisotopic (exact) mass is 259 g/mol. The van der Waals surface area contributed by atoms with E-state index in [9.17, 15) is 0 Å². The first kappa shape index (κ1) is 12.3. The van der Waals surface area contributed by atoms with E-state index in [2.05, 4.69) is 22.2 Å². The van der Waals surface area contributed by atoms with Gasteiger partial charge in [-0.3, -0.25) is 4.90 Å². The van der Waals surface area contributed by atoms with Gasteiger partial charge in [-0.2, -0.15) is 0 Å². The molecule has 3 nitrogen and oxygen atoms in total. The molecule has 1 N–H and O–H groups in total. The summed E-state index contributed by atoms with van der Waals surface area (Å²) in [6.07, 6.45) is 5.69. The molecule has 2 heterocycles. The van der Waals surface area contributed by atoms with E-state index >= 15 is 0 Å². The van der Waals surface area contributed by atoms with Crippen LogP contribution in [0.1, 0.15) is 24.1 Å². The summed E-state index contributed by atoms with van der Waals surface area (Å²) in [5.74, 6) is 0. The number of rotatable bonds is 3. The van der Waals surface area contributed by atoms with Crippen LogP contribution in [0.5, 0.6) is 0 Å². The quantitative estimate of drug-likeness (QED) is 0.903. The molecular weight excluding hydrogens is 242 g/mol. The molecule has 0 aromatic carbocycles. The van der Waals surface area contributed by atoms with Crippen molar-refractivity contribution in [2.24, 2.45) is 0 Å². The van der Waals surface area contributed by atoms with Gasteiger partial charge in [0.25, 0.3) is 0 Å². The second-order valence-electron chi connectivity index (χ2n) is 4.33. The molecule has 0 saturated carbocycles. The molecular formula is C11H18ClN3S. The van der Waals surface area contributed by atoms with Gasteiger partial charge in [-0.25, -0.2) is 4.98 Å². The van der Waals surface area contributed by atoms with Crippen molar-refractivity contribution in [1.82, 2.24) is 15.2 Å². The predicted octanol–water partition coefficient (Wildman–Crippen LogP) is 2.37. The van der Waals surface area contributed by atoms with Gasteiger partial charge in [-0.1, -0.05) is 11.6 Å². The Morgan fingerprint density at radius 3 is 3.19 bits per heavy atom. The normalized spacial score (nSPS) is 22.3. The van der Waals surface area contributed by atoms with E-state index in [1.165, 1.54) is 24.1 Å². The van der Waals surface area contributed by atoms with Gasteiger partial charge in [0.2, 0.25) is 0 Å². The molecule has 1 aromatic heterocycles. The van der Waals surface area contributed by atoms with Crippen LogP contribution in [0.25, 0.3) is 0 Å². The number of hydrogen-bond donors (Lipinski definition) is 1.